The molecule has 0 radical (unpaired) electrons. The van der Waals surface area contributed by atoms with E-state index in [9.17, 15) is 0 Å². The first kappa shape index (κ1) is 18.0. The van der Waals surface area contributed by atoms with Crippen LogP contribution in [0.2, 0.25) is 0 Å². The van der Waals surface area contributed by atoms with Crippen LogP contribution in [0.25, 0.3) is 16.8 Å². The molecule has 0 unspecified atom stereocenters. The van der Waals surface area contributed by atoms with Gasteiger partial charge in [0.2, 0.25) is 0 Å². The molecule has 0 spiro atoms. The second-order valence-corrected chi connectivity index (χ2v) is 7.63. The number of rotatable bonds is 4. The van der Waals surface area contributed by atoms with Crippen molar-refractivity contribution in [3.05, 3.63) is 47.4 Å². The Kier molecular flexibility index (Phi) is 4.67. The van der Waals surface area contributed by atoms with Gasteiger partial charge >= 0.3 is 7.12 Å². The van der Waals surface area contributed by atoms with Crippen molar-refractivity contribution >= 4 is 29.7 Å². The third kappa shape index (κ3) is 3.32. The maximum atomic E-state index is 6.23. The maximum Gasteiger partial charge on any atom is 0.491 e. The van der Waals surface area contributed by atoms with E-state index in [1.807, 2.05) is 25.2 Å². The van der Waals surface area contributed by atoms with E-state index in [0.29, 0.717) is 6.54 Å². The SMILES string of the molecule is CNCC(=Cc1cccc2c(N)cccc12)B1OC(C)(C)C(C)(C)O1. The molecule has 2 aromatic rings. The van der Waals surface area contributed by atoms with Crippen LogP contribution in [0.3, 0.4) is 0 Å². The molecule has 2 aromatic carbocycles. The van der Waals surface area contributed by atoms with Gasteiger partial charge in [0, 0.05) is 17.6 Å². The summed E-state index contributed by atoms with van der Waals surface area (Å²) < 4.78 is 12.5. The molecule has 4 nitrogen and oxygen atoms in total. The summed E-state index contributed by atoms with van der Waals surface area (Å²) in [6, 6.07) is 12.2. The molecule has 1 heterocycles. The highest BCUT2D eigenvalue weighted by atomic mass is 16.7. The van der Waals surface area contributed by atoms with Gasteiger partial charge in [-0.1, -0.05) is 36.4 Å². The molecule has 0 bridgehead atoms. The molecule has 0 atom stereocenters. The van der Waals surface area contributed by atoms with Crippen molar-refractivity contribution in [3.8, 4) is 0 Å². The molecule has 1 aliphatic heterocycles. The molecule has 0 aliphatic carbocycles. The monoisotopic (exact) mass is 338 g/mol. The summed E-state index contributed by atoms with van der Waals surface area (Å²) in [7, 11) is 1.56. The lowest BCUT2D eigenvalue weighted by Crippen LogP contribution is -2.41. The van der Waals surface area contributed by atoms with Gasteiger partial charge in [-0.25, -0.2) is 0 Å². The van der Waals surface area contributed by atoms with E-state index in [2.05, 4.69) is 57.3 Å². The first-order valence-electron chi connectivity index (χ1n) is 8.73. The van der Waals surface area contributed by atoms with Crippen LogP contribution in [0.15, 0.2) is 41.9 Å². The standard InChI is InChI=1S/C20H27BN2O2/c1-19(2)20(3,4)25-21(24-19)15(13-23-5)12-14-8-6-10-17-16(14)9-7-11-18(17)22/h6-12,23H,13,22H2,1-5H3. The van der Waals surface area contributed by atoms with E-state index in [1.165, 1.54) is 0 Å². The molecule has 0 amide bonds. The number of fused-ring (bicyclic) bond motifs is 1. The topological polar surface area (TPSA) is 56.5 Å². The summed E-state index contributed by atoms with van der Waals surface area (Å²) in [5.41, 5.74) is 8.39. The largest absolute Gasteiger partial charge is 0.491 e. The molecule has 3 rings (SSSR count). The normalized spacial score (nSPS) is 19.6. The van der Waals surface area contributed by atoms with Gasteiger partial charge in [-0.2, -0.15) is 0 Å². The van der Waals surface area contributed by atoms with Crippen molar-refractivity contribution in [2.45, 2.75) is 38.9 Å². The van der Waals surface area contributed by atoms with Gasteiger partial charge in [0.05, 0.1) is 11.2 Å². The number of hydrogen-bond donors (Lipinski definition) is 2. The molecular formula is C20H27BN2O2. The lowest BCUT2D eigenvalue weighted by atomic mass is 9.76. The lowest BCUT2D eigenvalue weighted by molar-refractivity contribution is 0.00578. The second-order valence-electron chi connectivity index (χ2n) is 7.63. The van der Waals surface area contributed by atoms with Crippen molar-refractivity contribution in [2.24, 2.45) is 0 Å². The summed E-state index contributed by atoms with van der Waals surface area (Å²) >= 11 is 0. The van der Waals surface area contributed by atoms with Gasteiger partial charge in [0.15, 0.2) is 0 Å². The fourth-order valence-corrected chi connectivity index (χ4v) is 3.09. The Balaban J connectivity index is 2.04. The molecule has 3 N–H and O–H groups in total. The van der Waals surface area contributed by atoms with Crippen LogP contribution in [0.5, 0.6) is 0 Å². The minimum atomic E-state index is -0.367. The van der Waals surface area contributed by atoms with Crippen molar-refractivity contribution in [1.82, 2.24) is 5.32 Å². The number of hydrogen-bond acceptors (Lipinski definition) is 4. The van der Waals surface area contributed by atoms with E-state index in [4.69, 9.17) is 15.0 Å². The number of anilines is 1. The van der Waals surface area contributed by atoms with E-state index < -0.39 is 0 Å². The first-order chi connectivity index (χ1) is 11.7. The van der Waals surface area contributed by atoms with Crippen molar-refractivity contribution in [2.75, 3.05) is 19.3 Å². The molecule has 0 saturated carbocycles. The van der Waals surface area contributed by atoms with Crippen LogP contribution in [0.1, 0.15) is 33.3 Å². The Hall–Kier alpha value is -1.82. The first-order valence-corrected chi connectivity index (χ1v) is 8.73. The zero-order valence-corrected chi connectivity index (χ0v) is 15.7. The molecule has 5 heteroatoms. The van der Waals surface area contributed by atoms with Crippen LogP contribution >= 0.6 is 0 Å². The average molecular weight is 338 g/mol. The molecule has 25 heavy (non-hydrogen) atoms. The Morgan fingerprint density at radius 3 is 2.28 bits per heavy atom. The number of nitrogen functional groups attached to an aromatic ring is 1. The minimum Gasteiger partial charge on any atom is -0.400 e. The Morgan fingerprint density at radius 1 is 1.04 bits per heavy atom. The van der Waals surface area contributed by atoms with Crippen LogP contribution < -0.4 is 11.1 Å². The molecule has 132 valence electrons. The highest BCUT2D eigenvalue weighted by Crippen LogP contribution is 2.39. The van der Waals surface area contributed by atoms with Crippen LogP contribution in [0, 0.1) is 0 Å². The fourth-order valence-electron chi connectivity index (χ4n) is 3.09. The summed E-state index contributed by atoms with van der Waals surface area (Å²) in [5.74, 6) is 0. The van der Waals surface area contributed by atoms with Gasteiger partial charge in [-0.3, -0.25) is 0 Å². The summed E-state index contributed by atoms with van der Waals surface area (Å²) in [6.45, 7) is 8.98. The zero-order valence-electron chi connectivity index (χ0n) is 15.7. The van der Waals surface area contributed by atoms with Crippen molar-refractivity contribution in [3.63, 3.8) is 0 Å². The zero-order chi connectivity index (χ0) is 18.2. The molecular weight excluding hydrogens is 311 g/mol. The third-order valence-electron chi connectivity index (χ3n) is 5.27. The highest BCUT2D eigenvalue weighted by molar-refractivity contribution is 6.56. The third-order valence-corrected chi connectivity index (χ3v) is 5.27. The second kappa shape index (κ2) is 6.48. The summed E-state index contributed by atoms with van der Waals surface area (Å²) in [5, 5.41) is 5.42. The van der Waals surface area contributed by atoms with Crippen molar-refractivity contribution < 1.29 is 9.31 Å². The smallest absolute Gasteiger partial charge is 0.400 e. The Bertz CT molecular complexity index is 798. The van der Waals surface area contributed by atoms with E-state index >= 15 is 0 Å². The van der Waals surface area contributed by atoms with Crippen LogP contribution in [-0.4, -0.2) is 31.9 Å². The quantitative estimate of drug-likeness (QED) is 0.660. The Morgan fingerprint density at radius 2 is 1.64 bits per heavy atom. The minimum absolute atomic E-state index is 0.353. The fraction of sp³-hybridized carbons (Fsp3) is 0.400. The number of nitrogens with one attached hydrogen (secondary N) is 1. The van der Waals surface area contributed by atoms with Gasteiger partial charge < -0.3 is 20.4 Å². The van der Waals surface area contributed by atoms with Crippen LogP contribution in [0.4, 0.5) is 5.69 Å². The molecule has 1 saturated heterocycles. The van der Waals surface area contributed by atoms with Gasteiger partial charge in [-0.05, 0) is 57.2 Å². The van der Waals surface area contributed by atoms with Gasteiger partial charge in [-0.15, -0.1) is 0 Å². The number of benzene rings is 2. The maximum absolute atomic E-state index is 6.23. The lowest BCUT2D eigenvalue weighted by Gasteiger charge is -2.32. The predicted molar refractivity (Wildman–Crippen MR) is 106 cm³/mol. The molecule has 1 fully saturated rings. The summed E-state index contributed by atoms with van der Waals surface area (Å²) in [6.07, 6.45) is 2.15. The van der Waals surface area contributed by atoms with Crippen LogP contribution in [-0.2, 0) is 9.31 Å². The van der Waals surface area contributed by atoms with E-state index in [1.54, 1.807) is 0 Å². The number of likely N-dealkylation sites (N-methyl/N-ethyl adjacent to an activating group) is 1. The van der Waals surface area contributed by atoms with Gasteiger partial charge in [0.1, 0.15) is 0 Å². The molecule has 1 aliphatic rings. The van der Waals surface area contributed by atoms with E-state index in [-0.39, 0.29) is 18.3 Å². The number of nitrogens with two attached hydrogens (primary N) is 1. The average Bonchev–Trinajstić information content (AvgIpc) is 2.76. The summed E-state index contributed by atoms with van der Waals surface area (Å²) in [4.78, 5) is 0. The van der Waals surface area contributed by atoms with Crippen molar-refractivity contribution in [1.29, 1.82) is 0 Å². The van der Waals surface area contributed by atoms with Gasteiger partial charge in [0.25, 0.3) is 0 Å². The highest BCUT2D eigenvalue weighted by Gasteiger charge is 2.52. The predicted octanol–water partition coefficient (Wildman–Crippen LogP) is 3.66. The van der Waals surface area contributed by atoms with E-state index in [0.717, 1.165) is 27.5 Å². The molecule has 0 aromatic heterocycles. The Labute approximate surface area is 150 Å².